The largest absolute Gasteiger partial charge is 0.349 e. The quantitative estimate of drug-likeness (QED) is 0.654. The summed E-state index contributed by atoms with van der Waals surface area (Å²) in [5.41, 5.74) is 1.11. The zero-order valence-electron chi connectivity index (χ0n) is 14.6. The molecule has 8 heteroatoms. The summed E-state index contributed by atoms with van der Waals surface area (Å²) in [6.07, 6.45) is 4.51. The fourth-order valence-electron chi connectivity index (χ4n) is 3.29. The van der Waals surface area contributed by atoms with Gasteiger partial charge in [-0.1, -0.05) is 12.1 Å². The Labute approximate surface area is 150 Å². The number of nitrogens with zero attached hydrogens (tertiary/aromatic N) is 4. The number of rotatable bonds is 5. The van der Waals surface area contributed by atoms with Crippen LogP contribution < -0.4 is 5.32 Å². The van der Waals surface area contributed by atoms with Crippen molar-refractivity contribution in [3.05, 3.63) is 53.9 Å². The number of hydrogen-bond acceptors (Lipinski definition) is 2. The SMILES string of the molecule is CN=C(NCc1nccn1C(F)F)N1CCC(Cc2ccc(F)cc2)C1. The van der Waals surface area contributed by atoms with Crippen LogP contribution in [-0.4, -0.2) is 40.5 Å². The highest BCUT2D eigenvalue weighted by atomic mass is 19.3. The van der Waals surface area contributed by atoms with Gasteiger partial charge in [-0.05, 0) is 36.5 Å². The topological polar surface area (TPSA) is 45.5 Å². The van der Waals surface area contributed by atoms with Crippen molar-refractivity contribution in [2.45, 2.75) is 25.9 Å². The fourth-order valence-corrected chi connectivity index (χ4v) is 3.29. The number of aromatic nitrogens is 2. The lowest BCUT2D eigenvalue weighted by atomic mass is 9.99. The Hall–Kier alpha value is -2.51. The van der Waals surface area contributed by atoms with Gasteiger partial charge < -0.3 is 10.2 Å². The van der Waals surface area contributed by atoms with E-state index in [9.17, 15) is 13.2 Å². The molecule has 2 heterocycles. The molecule has 1 fully saturated rings. The van der Waals surface area contributed by atoms with Crippen molar-refractivity contribution in [2.75, 3.05) is 20.1 Å². The van der Waals surface area contributed by atoms with Gasteiger partial charge in [-0.15, -0.1) is 0 Å². The number of guanidine groups is 1. The van der Waals surface area contributed by atoms with Crippen LogP contribution in [0, 0.1) is 11.7 Å². The van der Waals surface area contributed by atoms with Crippen LogP contribution in [0.4, 0.5) is 13.2 Å². The molecule has 3 rings (SSSR count). The number of imidazole rings is 1. The molecule has 1 N–H and O–H groups in total. The van der Waals surface area contributed by atoms with E-state index < -0.39 is 6.55 Å². The van der Waals surface area contributed by atoms with Crippen molar-refractivity contribution in [3.8, 4) is 0 Å². The molecule has 26 heavy (non-hydrogen) atoms. The van der Waals surface area contributed by atoms with Crippen LogP contribution in [0.2, 0.25) is 0 Å². The molecule has 5 nitrogen and oxygen atoms in total. The van der Waals surface area contributed by atoms with Gasteiger partial charge in [-0.3, -0.25) is 9.56 Å². The van der Waals surface area contributed by atoms with Crippen molar-refractivity contribution in [1.82, 2.24) is 19.8 Å². The third-order valence-corrected chi connectivity index (χ3v) is 4.60. The molecule has 1 aliphatic heterocycles. The summed E-state index contributed by atoms with van der Waals surface area (Å²) in [7, 11) is 1.68. The highest BCUT2D eigenvalue weighted by Gasteiger charge is 2.25. The predicted molar refractivity (Wildman–Crippen MR) is 93.5 cm³/mol. The van der Waals surface area contributed by atoms with Crippen molar-refractivity contribution >= 4 is 5.96 Å². The molecule has 1 saturated heterocycles. The first kappa shape index (κ1) is 18.3. The predicted octanol–water partition coefficient (Wildman–Crippen LogP) is 3.06. The third kappa shape index (κ3) is 4.36. The second-order valence-corrected chi connectivity index (χ2v) is 6.36. The molecule has 0 aliphatic carbocycles. The van der Waals surface area contributed by atoms with Gasteiger partial charge >= 0.3 is 6.55 Å². The molecule has 1 aliphatic rings. The van der Waals surface area contributed by atoms with Crippen molar-refractivity contribution in [2.24, 2.45) is 10.9 Å². The summed E-state index contributed by atoms with van der Waals surface area (Å²) in [5, 5.41) is 3.11. The lowest BCUT2D eigenvalue weighted by molar-refractivity contribution is 0.0668. The van der Waals surface area contributed by atoms with Gasteiger partial charge in [0.1, 0.15) is 11.6 Å². The molecule has 0 spiro atoms. The Morgan fingerprint density at radius 1 is 1.35 bits per heavy atom. The average molecular weight is 365 g/mol. The summed E-state index contributed by atoms with van der Waals surface area (Å²) < 4.78 is 39.6. The van der Waals surface area contributed by atoms with Gasteiger partial charge in [0.25, 0.3) is 0 Å². The highest BCUT2D eigenvalue weighted by molar-refractivity contribution is 5.80. The summed E-state index contributed by atoms with van der Waals surface area (Å²) in [6, 6.07) is 6.59. The highest BCUT2D eigenvalue weighted by Crippen LogP contribution is 2.21. The van der Waals surface area contributed by atoms with Crippen molar-refractivity contribution < 1.29 is 13.2 Å². The van der Waals surface area contributed by atoms with Crippen LogP contribution in [0.15, 0.2) is 41.7 Å². The van der Waals surface area contributed by atoms with E-state index in [1.165, 1.54) is 24.5 Å². The molecule has 0 radical (unpaired) electrons. The number of likely N-dealkylation sites (tertiary alicyclic amines) is 1. The van der Waals surface area contributed by atoms with E-state index >= 15 is 0 Å². The van der Waals surface area contributed by atoms with E-state index in [2.05, 4.69) is 20.2 Å². The number of nitrogens with one attached hydrogen (secondary N) is 1. The molecule has 1 atom stereocenters. The van der Waals surface area contributed by atoms with Crippen LogP contribution in [0.1, 0.15) is 24.4 Å². The number of aliphatic imine (C=N–C) groups is 1. The van der Waals surface area contributed by atoms with Crippen LogP contribution in [0.5, 0.6) is 0 Å². The Morgan fingerprint density at radius 2 is 2.12 bits per heavy atom. The van der Waals surface area contributed by atoms with Crippen LogP contribution in [0.25, 0.3) is 0 Å². The first-order chi connectivity index (χ1) is 12.6. The minimum absolute atomic E-state index is 0.184. The molecule has 1 aromatic heterocycles. The lowest BCUT2D eigenvalue weighted by Crippen LogP contribution is -2.40. The summed E-state index contributed by atoms with van der Waals surface area (Å²) in [4.78, 5) is 10.3. The number of alkyl halides is 2. The molecule has 140 valence electrons. The van der Waals surface area contributed by atoms with Gasteiger partial charge in [0.15, 0.2) is 5.96 Å². The van der Waals surface area contributed by atoms with E-state index in [0.717, 1.165) is 36.1 Å². The Bertz CT molecular complexity index is 742. The Balaban J connectivity index is 1.54. The second-order valence-electron chi connectivity index (χ2n) is 6.36. The number of benzene rings is 1. The summed E-state index contributed by atoms with van der Waals surface area (Å²) in [5.74, 6) is 1.16. The number of halogens is 3. The van der Waals surface area contributed by atoms with E-state index in [0.29, 0.717) is 11.9 Å². The molecule has 2 aromatic rings. The molecule has 0 saturated carbocycles. The molecule has 1 aromatic carbocycles. The fraction of sp³-hybridized carbons (Fsp3) is 0.444. The minimum Gasteiger partial charge on any atom is -0.349 e. The van der Waals surface area contributed by atoms with Gasteiger partial charge in [-0.2, -0.15) is 8.78 Å². The first-order valence-corrected chi connectivity index (χ1v) is 8.56. The zero-order valence-corrected chi connectivity index (χ0v) is 14.6. The van der Waals surface area contributed by atoms with E-state index in [1.54, 1.807) is 7.05 Å². The monoisotopic (exact) mass is 365 g/mol. The van der Waals surface area contributed by atoms with Gasteiger partial charge in [0, 0.05) is 32.5 Å². The maximum absolute atomic E-state index is 13.0. The van der Waals surface area contributed by atoms with Gasteiger partial charge in [0.05, 0.1) is 6.54 Å². The molecule has 1 unspecified atom stereocenters. The zero-order chi connectivity index (χ0) is 18.5. The maximum atomic E-state index is 13.0. The molecule has 0 amide bonds. The normalized spacial score (nSPS) is 18.0. The van der Waals surface area contributed by atoms with E-state index in [4.69, 9.17) is 0 Å². The summed E-state index contributed by atoms with van der Waals surface area (Å²) in [6.45, 7) is -0.763. The van der Waals surface area contributed by atoms with Crippen molar-refractivity contribution in [1.29, 1.82) is 0 Å². The second kappa shape index (κ2) is 8.25. The maximum Gasteiger partial charge on any atom is 0.319 e. The van der Waals surface area contributed by atoms with E-state index in [1.807, 2.05) is 12.1 Å². The minimum atomic E-state index is -2.61. The van der Waals surface area contributed by atoms with Gasteiger partial charge in [0.2, 0.25) is 0 Å². The van der Waals surface area contributed by atoms with Crippen molar-refractivity contribution in [3.63, 3.8) is 0 Å². The Morgan fingerprint density at radius 3 is 2.81 bits per heavy atom. The Kier molecular flexibility index (Phi) is 5.80. The molecular formula is C18H22F3N5. The standard InChI is InChI=1S/C18H22F3N5/c1-22-18(24-11-16-23-7-9-26(16)17(20)21)25-8-6-14(12-25)10-13-2-4-15(19)5-3-13/h2-5,7,9,14,17H,6,8,10-12H2,1H3,(H,22,24). The smallest absolute Gasteiger partial charge is 0.319 e. The van der Waals surface area contributed by atoms with Gasteiger partial charge in [-0.25, -0.2) is 9.37 Å². The average Bonchev–Trinajstić information content (AvgIpc) is 3.27. The molecular weight excluding hydrogens is 343 g/mol. The number of hydrogen-bond donors (Lipinski definition) is 1. The van der Waals surface area contributed by atoms with E-state index in [-0.39, 0.29) is 18.2 Å². The van der Waals surface area contributed by atoms with Crippen LogP contribution >= 0.6 is 0 Å². The third-order valence-electron chi connectivity index (χ3n) is 4.60. The van der Waals surface area contributed by atoms with Crippen LogP contribution in [0.3, 0.4) is 0 Å². The summed E-state index contributed by atoms with van der Waals surface area (Å²) >= 11 is 0. The molecule has 0 bridgehead atoms. The van der Waals surface area contributed by atoms with Crippen LogP contribution in [-0.2, 0) is 13.0 Å². The first-order valence-electron chi connectivity index (χ1n) is 8.56. The lowest BCUT2D eigenvalue weighted by Gasteiger charge is -2.22.